The molecular formula is C10H6ClF3O. The van der Waals surface area contributed by atoms with Crippen LogP contribution in [0.3, 0.4) is 0 Å². The van der Waals surface area contributed by atoms with E-state index in [9.17, 15) is 13.2 Å². The molecular weight excluding hydrogens is 229 g/mol. The Morgan fingerprint density at radius 2 is 2.00 bits per heavy atom. The Bertz CT molecular complexity index is 415. The quantitative estimate of drug-likeness (QED) is 0.685. The molecule has 0 fully saturated rings. The van der Waals surface area contributed by atoms with Crippen molar-refractivity contribution < 1.29 is 18.3 Å². The van der Waals surface area contributed by atoms with Crippen LogP contribution in [0.4, 0.5) is 13.2 Å². The highest BCUT2D eigenvalue weighted by atomic mass is 35.5. The monoisotopic (exact) mass is 234 g/mol. The average molecular weight is 235 g/mol. The zero-order valence-corrected chi connectivity index (χ0v) is 8.15. The van der Waals surface area contributed by atoms with Gasteiger partial charge in [0, 0.05) is 5.56 Å². The molecule has 0 aliphatic carbocycles. The van der Waals surface area contributed by atoms with E-state index in [1.54, 1.807) is 0 Å². The van der Waals surface area contributed by atoms with Crippen molar-refractivity contribution in [3.05, 3.63) is 34.3 Å². The number of benzene rings is 1. The molecule has 5 heteroatoms. The molecule has 15 heavy (non-hydrogen) atoms. The fourth-order valence-corrected chi connectivity index (χ4v) is 1.16. The summed E-state index contributed by atoms with van der Waals surface area (Å²) in [5.74, 6) is 4.75. The molecule has 0 aliphatic heterocycles. The molecule has 1 rings (SSSR count). The van der Waals surface area contributed by atoms with Crippen LogP contribution >= 0.6 is 11.6 Å². The zero-order valence-electron chi connectivity index (χ0n) is 7.40. The molecule has 0 radical (unpaired) electrons. The van der Waals surface area contributed by atoms with Crippen LogP contribution < -0.4 is 0 Å². The van der Waals surface area contributed by atoms with E-state index in [1.807, 2.05) is 0 Å². The van der Waals surface area contributed by atoms with Gasteiger partial charge < -0.3 is 5.11 Å². The summed E-state index contributed by atoms with van der Waals surface area (Å²) >= 11 is 5.59. The molecule has 0 aromatic heterocycles. The third-order valence-corrected chi connectivity index (χ3v) is 1.91. The number of rotatable bonds is 0. The molecule has 0 spiro atoms. The average Bonchev–Trinajstić information content (AvgIpc) is 2.14. The summed E-state index contributed by atoms with van der Waals surface area (Å²) in [5, 5.41) is 8.33. The molecule has 80 valence electrons. The van der Waals surface area contributed by atoms with Gasteiger partial charge in [0.05, 0.1) is 10.6 Å². The largest absolute Gasteiger partial charge is 0.416 e. The van der Waals surface area contributed by atoms with Crippen molar-refractivity contribution >= 4 is 11.6 Å². The molecule has 0 heterocycles. The summed E-state index contributed by atoms with van der Waals surface area (Å²) in [5.41, 5.74) is -0.555. The van der Waals surface area contributed by atoms with E-state index < -0.39 is 11.7 Å². The lowest BCUT2D eigenvalue weighted by atomic mass is 10.1. The van der Waals surface area contributed by atoms with Crippen LogP contribution in [0, 0.1) is 11.8 Å². The van der Waals surface area contributed by atoms with E-state index >= 15 is 0 Å². The van der Waals surface area contributed by atoms with Gasteiger partial charge in [0.2, 0.25) is 0 Å². The van der Waals surface area contributed by atoms with Crippen molar-refractivity contribution in [1.29, 1.82) is 0 Å². The van der Waals surface area contributed by atoms with E-state index in [0.29, 0.717) is 0 Å². The number of aliphatic hydroxyl groups is 1. The van der Waals surface area contributed by atoms with Crippen molar-refractivity contribution in [2.45, 2.75) is 6.18 Å². The van der Waals surface area contributed by atoms with Gasteiger partial charge in [-0.15, -0.1) is 0 Å². The summed E-state index contributed by atoms with van der Waals surface area (Å²) in [6, 6.07) is 2.88. The summed E-state index contributed by atoms with van der Waals surface area (Å²) in [4.78, 5) is 0. The lowest BCUT2D eigenvalue weighted by Crippen LogP contribution is -2.04. The van der Waals surface area contributed by atoms with Crippen molar-refractivity contribution in [2.24, 2.45) is 0 Å². The summed E-state index contributed by atoms with van der Waals surface area (Å²) in [7, 11) is 0. The van der Waals surface area contributed by atoms with Crippen molar-refractivity contribution in [2.75, 3.05) is 6.61 Å². The molecule has 0 atom stereocenters. The van der Waals surface area contributed by atoms with E-state index in [2.05, 4.69) is 11.8 Å². The fraction of sp³-hybridized carbons (Fsp3) is 0.200. The van der Waals surface area contributed by atoms with Crippen molar-refractivity contribution in [3.8, 4) is 11.8 Å². The van der Waals surface area contributed by atoms with Gasteiger partial charge in [-0.1, -0.05) is 23.4 Å². The van der Waals surface area contributed by atoms with Crippen LogP contribution in [-0.2, 0) is 6.18 Å². The smallest absolute Gasteiger partial charge is 0.384 e. The van der Waals surface area contributed by atoms with Crippen LogP contribution in [0.25, 0.3) is 0 Å². The maximum atomic E-state index is 12.2. The third kappa shape index (κ3) is 3.15. The zero-order chi connectivity index (χ0) is 11.5. The first kappa shape index (κ1) is 11.9. The SMILES string of the molecule is OCC#Cc1ccc(C(F)(F)F)cc1Cl. The Hall–Kier alpha value is -1.18. The summed E-state index contributed by atoms with van der Waals surface area (Å²) in [6.07, 6.45) is -4.41. The summed E-state index contributed by atoms with van der Waals surface area (Å²) < 4.78 is 36.7. The van der Waals surface area contributed by atoms with Gasteiger partial charge in [-0.25, -0.2) is 0 Å². The number of halogens is 4. The maximum absolute atomic E-state index is 12.2. The minimum atomic E-state index is -4.41. The second-order valence-corrected chi connectivity index (χ2v) is 3.06. The second kappa shape index (κ2) is 4.56. The first-order valence-corrected chi connectivity index (χ1v) is 4.29. The first-order valence-electron chi connectivity index (χ1n) is 3.91. The summed E-state index contributed by atoms with van der Waals surface area (Å²) in [6.45, 7) is -0.364. The Morgan fingerprint density at radius 3 is 2.47 bits per heavy atom. The minimum absolute atomic E-state index is 0.0780. The number of alkyl halides is 3. The van der Waals surface area contributed by atoms with E-state index in [-0.39, 0.29) is 17.2 Å². The lowest BCUT2D eigenvalue weighted by molar-refractivity contribution is -0.137. The standard InChI is InChI=1S/C10H6ClF3O/c11-9-6-8(10(12,13)14)4-3-7(9)2-1-5-15/h3-4,6,15H,5H2. The molecule has 1 N–H and O–H groups in total. The van der Waals surface area contributed by atoms with E-state index in [0.717, 1.165) is 12.1 Å². The number of hydrogen-bond donors (Lipinski definition) is 1. The van der Waals surface area contributed by atoms with E-state index in [1.165, 1.54) is 6.07 Å². The lowest BCUT2D eigenvalue weighted by Gasteiger charge is -2.07. The third-order valence-electron chi connectivity index (χ3n) is 1.60. The Morgan fingerprint density at radius 1 is 1.33 bits per heavy atom. The molecule has 1 aromatic carbocycles. The fourth-order valence-electron chi connectivity index (χ4n) is 0.928. The Balaban J connectivity index is 3.09. The highest BCUT2D eigenvalue weighted by molar-refractivity contribution is 6.31. The number of aliphatic hydroxyl groups excluding tert-OH is 1. The van der Waals surface area contributed by atoms with Crippen LogP contribution in [0.15, 0.2) is 18.2 Å². The second-order valence-electron chi connectivity index (χ2n) is 2.65. The van der Waals surface area contributed by atoms with E-state index in [4.69, 9.17) is 16.7 Å². The predicted molar refractivity (Wildman–Crippen MR) is 50.4 cm³/mol. The van der Waals surface area contributed by atoms with Crippen molar-refractivity contribution in [3.63, 3.8) is 0 Å². The molecule has 0 aliphatic rings. The van der Waals surface area contributed by atoms with Crippen molar-refractivity contribution in [1.82, 2.24) is 0 Å². The van der Waals surface area contributed by atoms with Gasteiger partial charge >= 0.3 is 6.18 Å². The molecule has 0 unspecified atom stereocenters. The minimum Gasteiger partial charge on any atom is -0.384 e. The van der Waals surface area contributed by atoms with Crippen LogP contribution in [0.2, 0.25) is 5.02 Å². The molecule has 0 amide bonds. The van der Waals surface area contributed by atoms with Gasteiger partial charge in [-0.3, -0.25) is 0 Å². The van der Waals surface area contributed by atoms with Gasteiger partial charge in [0.15, 0.2) is 0 Å². The first-order chi connectivity index (χ1) is 6.95. The maximum Gasteiger partial charge on any atom is 0.416 e. The number of hydrogen-bond acceptors (Lipinski definition) is 1. The topological polar surface area (TPSA) is 20.2 Å². The molecule has 0 saturated heterocycles. The van der Waals surface area contributed by atoms with Crippen LogP contribution in [0.1, 0.15) is 11.1 Å². The molecule has 0 bridgehead atoms. The molecule has 1 aromatic rings. The van der Waals surface area contributed by atoms with Gasteiger partial charge in [0.25, 0.3) is 0 Å². The Labute approximate surface area is 89.5 Å². The van der Waals surface area contributed by atoms with Crippen LogP contribution in [-0.4, -0.2) is 11.7 Å². The highest BCUT2D eigenvalue weighted by Gasteiger charge is 2.30. The highest BCUT2D eigenvalue weighted by Crippen LogP contribution is 2.31. The van der Waals surface area contributed by atoms with Gasteiger partial charge in [0.1, 0.15) is 6.61 Å². The van der Waals surface area contributed by atoms with Gasteiger partial charge in [-0.2, -0.15) is 13.2 Å². The molecule has 0 saturated carbocycles. The predicted octanol–water partition coefficient (Wildman–Crippen LogP) is 2.70. The molecule has 1 nitrogen and oxygen atoms in total. The van der Waals surface area contributed by atoms with Gasteiger partial charge in [-0.05, 0) is 18.2 Å². The normalized spacial score (nSPS) is 10.7. The van der Waals surface area contributed by atoms with Crippen LogP contribution in [0.5, 0.6) is 0 Å². The Kier molecular flexibility index (Phi) is 3.61.